The van der Waals surface area contributed by atoms with E-state index in [0.29, 0.717) is 41.9 Å². The predicted octanol–water partition coefficient (Wildman–Crippen LogP) is 1.66. The van der Waals surface area contributed by atoms with Gasteiger partial charge in [0.2, 0.25) is 5.91 Å². The molecule has 1 saturated heterocycles. The Morgan fingerprint density at radius 3 is 2.38 bits per heavy atom. The van der Waals surface area contributed by atoms with E-state index in [-0.39, 0.29) is 11.9 Å². The fourth-order valence-electron chi connectivity index (χ4n) is 2.05. The number of urea groups is 1. The Kier molecular flexibility index (Phi) is 5.27. The van der Waals surface area contributed by atoms with Crippen LogP contribution >= 0.6 is 23.2 Å². The summed E-state index contributed by atoms with van der Waals surface area (Å²) in [5.74, 6) is -0.326. The van der Waals surface area contributed by atoms with E-state index in [1.807, 2.05) is 0 Å². The maximum absolute atomic E-state index is 12.1. The molecule has 0 radical (unpaired) electrons. The number of anilines is 1. The Morgan fingerprint density at radius 1 is 1.14 bits per heavy atom. The predicted molar refractivity (Wildman–Crippen MR) is 80.7 cm³/mol. The van der Waals surface area contributed by atoms with E-state index < -0.39 is 6.61 Å². The summed E-state index contributed by atoms with van der Waals surface area (Å²) in [4.78, 5) is 26.6. The van der Waals surface area contributed by atoms with Gasteiger partial charge in [0.15, 0.2) is 0 Å². The van der Waals surface area contributed by atoms with Crippen LogP contribution in [0.1, 0.15) is 0 Å². The first-order valence-electron chi connectivity index (χ1n) is 6.41. The highest BCUT2D eigenvalue weighted by molar-refractivity contribution is 6.35. The number of carbonyl (C=O) groups excluding carboxylic acids is 2. The molecule has 8 heteroatoms. The Hall–Kier alpha value is -1.50. The first-order valence-corrected chi connectivity index (χ1v) is 7.16. The molecule has 1 aliphatic heterocycles. The number of aliphatic hydroxyl groups excluding tert-OH is 1. The van der Waals surface area contributed by atoms with Crippen molar-refractivity contribution in [3.63, 3.8) is 0 Å². The Bertz CT molecular complexity index is 545. The van der Waals surface area contributed by atoms with Gasteiger partial charge in [-0.2, -0.15) is 0 Å². The van der Waals surface area contributed by atoms with E-state index in [1.54, 1.807) is 23.1 Å². The number of nitrogens with one attached hydrogen (secondary N) is 1. The molecule has 0 aromatic heterocycles. The number of carbonyl (C=O) groups is 2. The van der Waals surface area contributed by atoms with E-state index in [2.05, 4.69) is 5.32 Å². The van der Waals surface area contributed by atoms with Crippen molar-refractivity contribution in [3.8, 4) is 0 Å². The lowest BCUT2D eigenvalue weighted by atomic mass is 10.3. The highest BCUT2D eigenvalue weighted by Gasteiger charge is 2.23. The van der Waals surface area contributed by atoms with Crippen LogP contribution in [0.5, 0.6) is 0 Å². The molecule has 1 heterocycles. The summed E-state index contributed by atoms with van der Waals surface area (Å²) in [5, 5.41) is 12.4. The number of amides is 3. The van der Waals surface area contributed by atoms with Gasteiger partial charge in [-0.25, -0.2) is 4.79 Å². The van der Waals surface area contributed by atoms with E-state index in [4.69, 9.17) is 28.3 Å². The second kappa shape index (κ2) is 6.98. The smallest absolute Gasteiger partial charge is 0.322 e. The molecule has 0 bridgehead atoms. The lowest BCUT2D eigenvalue weighted by Gasteiger charge is -2.34. The van der Waals surface area contributed by atoms with E-state index in [1.165, 1.54) is 4.90 Å². The second-order valence-electron chi connectivity index (χ2n) is 4.58. The van der Waals surface area contributed by atoms with Gasteiger partial charge < -0.3 is 20.2 Å². The Morgan fingerprint density at radius 2 is 1.76 bits per heavy atom. The standard InChI is InChI=1S/C13H15Cl2N3O3/c14-9-1-2-10(15)11(7-9)16-13(21)18-5-3-17(4-6-18)12(20)8-19/h1-2,7,19H,3-6,8H2,(H,16,21). The van der Waals surface area contributed by atoms with Crippen molar-refractivity contribution in [1.29, 1.82) is 0 Å². The lowest BCUT2D eigenvalue weighted by molar-refractivity contribution is -0.135. The molecule has 1 aromatic carbocycles. The maximum atomic E-state index is 12.1. The fourth-order valence-corrected chi connectivity index (χ4v) is 2.38. The summed E-state index contributed by atoms with van der Waals surface area (Å²) in [6.45, 7) is 1.09. The van der Waals surface area contributed by atoms with Crippen LogP contribution < -0.4 is 5.32 Å². The summed E-state index contributed by atoms with van der Waals surface area (Å²) in [6.07, 6.45) is 0. The van der Waals surface area contributed by atoms with E-state index >= 15 is 0 Å². The highest BCUT2D eigenvalue weighted by atomic mass is 35.5. The molecule has 0 atom stereocenters. The summed E-state index contributed by atoms with van der Waals surface area (Å²) < 4.78 is 0. The van der Waals surface area contributed by atoms with Gasteiger partial charge >= 0.3 is 6.03 Å². The van der Waals surface area contributed by atoms with Crippen LogP contribution in [0.15, 0.2) is 18.2 Å². The molecule has 0 unspecified atom stereocenters. The van der Waals surface area contributed by atoms with Crippen molar-refractivity contribution in [2.75, 3.05) is 38.1 Å². The van der Waals surface area contributed by atoms with Crippen molar-refractivity contribution in [3.05, 3.63) is 28.2 Å². The van der Waals surface area contributed by atoms with Crippen LogP contribution in [0.2, 0.25) is 10.0 Å². The highest BCUT2D eigenvalue weighted by Crippen LogP contribution is 2.25. The number of benzene rings is 1. The topological polar surface area (TPSA) is 72.9 Å². The molecule has 2 N–H and O–H groups in total. The maximum Gasteiger partial charge on any atom is 0.322 e. The minimum atomic E-state index is -0.510. The molecule has 114 valence electrons. The summed E-state index contributed by atoms with van der Waals surface area (Å²) in [6, 6.07) is 4.53. The zero-order chi connectivity index (χ0) is 15.4. The second-order valence-corrected chi connectivity index (χ2v) is 5.42. The van der Waals surface area contributed by atoms with Crippen LogP contribution in [-0.2, 0) is 4.79 Å². The normalized spacial score (nSPS) is 15.0. The zero-order valence-electron chi connectivity index (χ0n) is 11.2. The number of nitrogens with zero attached hydrogens (tertiary/aromatic N) is 2. The first kappa shape index (κ1) is 15.9. The third kappa shape index (κ3) is 4.00. The molecule has 6 nitrogen and oxygen atoms in total. The molecule has 1 aromatic rings. The number of hydrogen-bond acceptors (Lipinski definition) is 3. The average Bonchev–Trinajstić information content (AvgIpc) is 2.50. The number of rotatable bonds is 2. The third-order valence-corrected chi connectivity index (χ3v) is 3.79. The number of halogens is 2. The van der Waals surface area contributed by atoms with Gasteiger partial charge in [0.25, 0.3) is 0 Å². The number of aliphatic hydroxyl groups is 1. The monoisotopic (exact) mass is 331 g/mol. The van der Waals surface area contributed by atoms with Gasteiger partial charge in [-0.05, 0) is 18.2 Å². The van der Waals surface area contributed by atoms with Crippen LogP contribution in [0, 0.1) is 0 Å². The Balaban J connectivity index is 1.93. The van der Waals surface area contributed by atoms with Gasteiger partial charge in [-0.1, -0.05) is 23.2 Å². The van der Waals surface area contributed by atoms with Crippen LogP contribution in [0.25, 0.3) is 0 Å². The largest absolute Gasteiger partial charge is 0.387 e. The summed E-state index contributed by atoms with van der Waals surface area (Å²) in [7, 11) is 0. The molecule has 1 aliphatic rings. The van der Waals surface area contributed by atoms with E-state index in [9.17, 15) is 9.59 Å². The molecular formula is C13H15Cl2N3O3. The number of piperazine rings is 1. The van der Waals surface area contributed by atoms with Crippen LogP contribution in [-0.4, -0.2) is 59.6 Å². The molecule has 3 amide bonds. The molecule has 0 saturated carbocycles. The average molecular weight is 332 g/mol. The molecule has 1 fully saturated rings. The molecule has 2 rings (SSSR count). The summed E-state index contributed by atoms with van der Waals surface area (Å²) >= 11 is 11.9. The SMILES string of the molecule is O=C(CO)N1CCN(C(=O)Nc2cc(Cl)ccc2Cl)CC1. The van der Waals surface area contributed by atoms with Crippen LogP contribution in [0.3, 0.4) is 0 Å². The van der Waals surface area contributed by atoms with Crippen molar-refractivity contribution in [1.82, 2.24) is 9.80 Å². The first-order chi connectivity index (χ1) is 10.0. The number of hydrogen-bond donors (Lipinski definition) is 2. The van der Waals surface area contributed by atoms with Crippen molar-refractivity contribution >= 4 is 40.8 Å². The fraction of sp³-hybridized carbons (Fsp3) is 0.385. The lowest BCUT2D eigenvalue weighted by Crippen LogP contribution is -2.52. The van der Waals surface area contributed by atoms with Gasteiger partial charge in [-0.3, -0.25) is 4.79 Å². The molecule has 0 aliphatic carbocycles. The summed E-state index contributed by atoms with van der Waals surface area (Å²) in [5.41, 5.74) is 0.447. The van der Waals surface area contributed by atoms with Crippen molar-refractivity contribution in [2.45, 2.75) is 0 Å². The third-order valence-electron chi connectivity index (χ3n) is 3.22. The zero-order valence-corrected chi connectivity index (χ0v) is 12.7. The van der Waals surface area contributed by atoms with Crippen LogP contribution in [0.4, 0.5) is 10.5 Å². The quantitative estimate of drug-likeness (QED) is 0.865. The van der Waals surface area contributed by atoms with Crippen molar-refractivity contribution < 1.29 is 14.7 Å². The van der Waals surface area contributed by atoms with Gasteiger partial charge in [-0.15, -0.1) is 0 Å². The Labute approximate surface area is 132 Å². The molecular weight excluding hydrogens is 317 g/mol. The van der Waals surface area contributed by atoms with Gasteiger partial charge in [0.05, 0.1) is 10.7 Å². The van der Waals surface area contributed by atoms with Crippen molar-refractivity contribution in [2.24, 2.45) is 0 Å². The minimum Gasteiger partial charge on any atom is -0.387 e. The molecule has 21 heavy (non-hydrogen) atoms. The van der Waals surface area contributed by atoms with Gasteiger partial charge in [0, 0.05) is 31.2 Å². The van der Waals surface area contributed by atoms with E-state index in [0.717, 1.165) is 0 Å². The minimum absolute atomic E-state index is 0.296. The van der Waals surface area contributed by atoms with Gasteiger partial charge in [0.1, 0.15) is 6.61 Å². The molecule has 0 spiro atoms.